The molecule has 2 aromatic rings. The highest BCUT2D eigenvalue weighted by Gasteiger charge is 2.43. The molecule has 0 bridgehead atoms. The molecular weight excluding hydrogens is 376 g/mol. The summed E-state index contributed by atoms with van der Waals surface area (Å²) in [6.07, 6.45) is 10.5. The van der Waals surface area contributed by atoms with Gasteiger partial charge < -0.3 is 19.9 Å². The summed E-state index contributed by atoms with van der Waals surface area (Å²) >= 11 is 0. The van der Waals surface area contributed by atoms with Crippen molar-refractivity contribution in [1.29, 1.82) is 0 Å². The SMILES string of the molecule is CN=C(NCc1nnc2n1CCCCC2)NC1CC2(CCCC2)Oc2ccccc21. The third kappa shape index (κ3) is 3.77. The minimum Gasteiger partial charge on any atom is -0.487 e. The maximum Gasteiger partial charge on any atom is 0.191 e. The lowest BCUT2D eigenvalue weighted by Crippen LogP contribution is -2.46. The number of fused-ring (bicyclic) bond motifs is 2. The molecule has 160 valence electrons. The summed E-state index contributed by atoms with van der Waals surface area (Å²) in [6, 6.07) is 8.61. The summed E-state index contributed by atoms with van der Waals surface area (Å²) in [7, 11) is 1.83. The fourth-order valence-corrected chi connectivity index (χ4v) is 5.27. The minimum absolute atomic E-state index is 0.0325. The first-order valence-corrected chi connectivity index (χ1v) is 11.4. The number of aliphatic imine (C=N–C) groups is 1. The average molecular weight is 409 g/mol. The Hall–Kier alpha value is -2.57. The molecule has 7 nitrogen and oxygen atoms in total. The molecule has 1 unspecified atom stereocenters. The molecular formula is C23H32N6O. The van der Waals surface area contributed by atoms with Crippen LogP contribution in [0.15, 0.2) is 29.3 Å². The standard InChI is InChI=1S/C23H32N6O/c1-24-22(25-16-21-28-27-20-11-3-2-8-14-29(20)21)26-18-15-23(12-6-7-13-23)30-19-10-5-4-9-17(18)19/h4-5,9-10,18H,2-3,6-8,11-16H2,1H3,(H2,24,25,26). The van der Waals surface area contributed by atoms with E-state index in [9.17, 15) is 0 Å². The summed E-state index contributed by atoms with van der Waals surface area (Å²) in [5.41, 5.74) is 1.18. The van der Waals surface area contributed by atoms with E-state index in [-0.39, 0.29) is 11.6 Å². The van der Waals surface area contributed by atoms with Crippen LogP contribution in [-0.2, 0) is 19.5 Å². The smallest absolute Gasteiger partial charge is 0.191 e. The van der Waals surface area contributed by atoms with Crippen molar-refractivity contribution in [3.8, 4) is 5.75 Å². The highest BCUT2D eigenvalue weighted by Crippen LogP contribution is 2.46. The number of rotatable bonds is 3. The highest BCUT2D eigenvalue weighted by molar-refractivity contribution is 5.80. The van der Waals surface area contributed by atoms with Crippen LogP contribution in [0.3, 0.4) is 0 Å². The molecule has 2 N–H and O–H groups in total. The van der Waals surface area contributed by atoms with Crippen LogP contribution in [0.25, 0.3) is 0 Å². The summed E-state index contributed by atoms with van der Waals surface area (Å²) in [5.74, 6) is 3.93. The van der Waals surface area contributed by atoms with E-state index in [1.54, 1.807) is 0 Å². The van der Waals surface area contributed by atoms with E-state index in [0.29, 0.717) is 6.54 Å². The van der Waals surface area contributed by atoms with Crippen molar-refractivity contribution < 1.29 is 4.74 Å². The first-order valence-electron chi connectivity index (χ1n) is 11.4. The monoisotopic (exact) mass is 408 g/mol. The van der Waals surface area contributed by atoms with Gasteiger partial charge in [-0.3, -0.25) is 4.99 Å². The fraction of sp³-hybridized carbons (Fsp3) is 0.609. The van der Waals surface area contributed by atoms with Gasteiger partial charge in [-0.2, -0.15) is 0 Å². The van der Waals surface area contributed by atoms with Crippen LogP contribution >= 0.6 is 0 Å². The normalized spacial score (nSPS) is 22.7. The maximum absolute atomic E-state index is 6.50. The Morgan fingerprint density at radius 2 is 2.03 bits per heavy atom. The lowest BCUT2D eigenvalue weighted by Gasteiger charge is -2.40. The summed E-state index contributed by atoms with van der Waals surface area (Å²) in [5, 5.41) is 16.0. The van der Waals surface area contributed by atoms with E-state index in [2.05, 4.69) is 54.7 Å². The Morgan fingerprint density at radius 1 is 1.17 bits per heavy atom. The van der Waals surface area contributed by atoms with Gasteiger partial charge in [0.1, 0.15) is 17.2 Å². The van der Waals surface area contributed by atoms with Crippen LogP contribution in [0.1, 0.15) is 74.6 Å². The molecule has 0 radical (unpaired) electrons. The molecule has 3 heterocycles. The zero-order valence-corrected chi connectivity index (χ0v) is 17.9. The number of benzene rings is 1. The van der Waals surface area contributed by atoms with Crippen molar-refractivity contribution in [2.45, 2.75) is 82.5 Å². The molecule has 1 fully saturated rings. The van der Waals surface area contributed by atoms with Crippen LogP contribution in [-0.4, -0.2) is 33.4 Å². The largest absolute Gasteiger partial charge is 0.487 e. The molecule has 0 amide bonds. The van der Waals surface area contributed by atoms with Crippen molar-refractivity contribution >= 4 is 5.96 Å². The van der Waals surface area contributed by atoms with Crippen molar-refractivity contribution in [3.63, 3.8) is 0 Å². The molecule has 5 rings (SSSR count). The zero-order chi connectivity index (χ0) is 20.4. The molecule has 1 aromatic carbocycles. The first-order chi connectivity index (χ1) is 14.8. The third-order valence-corrected chi connectivity index (χ3v) is 6.85. The Morgan fingerprint density at radius 3 is 2.90 bits per heavy atom. The van der Waals surface area contributed by atoms with Crippen molar-refractivity contribution in [1.82, 2.24) is 25.4 Å². The second-order valence-electron chi connectivity index (χ2n) is 8.85. The van der Waals surface area contributed by atoms with Gasteiger partial charge in [-0.1, -0.05) is 24.6 Å². The number of para-hydroxylation sites is 1. The molecule has 2 aliphatic heterocycles. The van der Waals surface area contributed by atoms with Crippen molar-refractivity contribution in [2.75, 3.05) is 7.05 Å². The molecule has 30 heavy (non-hydrogen) atoms. The van der Waals surface area contributed by atoms with Crippen LogP contribution in [0, 0.1) is 0 Å². The van der Waals surface area contributed by atoms with E-state index in [1.165, 1.54) is 37.7 Å². The van der Waals surface area contributed by atoms with Gasteiger partial charge in [0.05, 0.1) is 12.6 Å². The van der Waals surface area contributed by atoms with E-state index in [4.69, 9.17) is 4.74 Å². The first kappa shape index (κ1) is 19.4. The molecule has 0 saturated heterocycles. The lowest BCUT2D eigenvalue weighted by molar-refractivity contribution is 0.0396. The Balaban J connectivity index is 1.30. The summed E-state index contributed by atoms with van der Waals surface area (Å²) in [6.45, 7) is 1.64. The average Bonchev–Trinajstić information content (AvgIpc) is 3.30. The second kappa shape index (κ2) is 8.28. The molecule has 1 aromatic heterocycles. The number of aromatic nitrogens is 3. The summed E-state index contributed by atoms with van der Waals surface area (Å²) < 4.78 is 8.78. The Labute approximate surface area is 178 Å². The van der Waals surface area contributed by atoms with Gasteiger partial charge >= 0.3 is 0 Å². The van der Waals surface area contributed by atoms with Crippen LogP contribution in [0.4, 0.5) is 0 Å². The van der Waals surface area contributed by atoms with Gasteiger partial charge in [0.15, 0.2) is 11.8 Å². The molecule has 1 spiro atoms. The third-order valence-electron chi connectivity index (χ3n) is 6.85. The van der Waals surface area contributed by atoms with Gasteiger partial charge in [-0.05, 0) is 44.6 Å². The predicted octanol–water partition coefficient (Wildman–Crippen LogP) is 3.51. The number of ether oxygens (including phenoxy) is 1. The molecule has 1 aliphatic carbocycles. The lowest BCUT2D eigenvalue weighted by atomic mass is 9.86. The van der Waals surface area contributed by atoms with E-state index in [0.717, 1.165) is 55.6 Å². The fourth-order valence-electron chi connectivity index (χ4n) is 5.27. The highest BCUT2D eigenvalue weighted by atomic mass is 16.5. The van der Waals surface area contributed by atoms with Crippen molar-refractivity contribution in [2.24, 2.45) is 4.99 Å². The number of hydrogen-bond donors (Lipinski definition) is 2. The maximum atomic E-state index is 6.50. The Bertz CT molecular complexity index is 914. The summed E-state index contributed by atoms with van der Waals surface area (Å²) in [4.78, 5) is 4.50. The molecule has 7 heteroatoms. The van der Waals surface area contributed by atoms with Gasteiger partial charge in [0.2, 0.25) is 0 Å². The topological polar surface area (TPSA) is 76.4 Å². The number of aryl methyl sites for hydroxylation is 1. The van der Waals surface area contributed by atoms with Crippen molar-refractivity contribution in [3.05, 3.63) is 41.5 Å². The molecule has 1 saturated carbocycles. The van der Waals surface area contributed by atoms with Gasteiger partial charge in [-0.15, -0.1) is 10.2 Å². The van der Waals surface area contributed by atoms with Crippen LogP contribution in [0.2, 0.25) is 0 Å². The molecule has 3 aliphatic rings. The molecule has 1 atom stereocenters. The number of nitrogens with zero attached hydrogens (tertiary/aromatic N) is 4. The van der Waals surface area contributed by atoms with E-state index >= 15 is 0 Å². The predicted molar refractivity (Wildman–Crippen MR) is 117 cm³/mol. The van der Waals surface area contributed by atoms with Crippen LogP contribution in [0.5, 0.6) is 5.75 Å². The van der Waals surface area contributed by atoms with Gasteiger partial charge in [-0.25, -0.2) is 0 Å². The zero-order valence-electron chi connectivity index (χ0n) is 17.9. The minimum atomic E-state index is -0.0325. The van der Waals surface area contributed by atoms with E-state index < -0.39 is 0 Å². The number of nitrogens with one attached hydrogen (secondary N) is 2. The Kier molecular flexibility index (Phi) is 5.35. The number of guanidine groups is 1. The van der Waals surface area contributed by atoms with Crippen LogP contribution < -0.4 is 15.4 Å². The number of hydrogen-bond acceptors (Lipinski definition) is 4. The van der Waals surface area contributed by atoms with Gasteiger partial charge in [0.25, 0.3) is 0 Å². The second-order valence-corrected chi connectivity index (χ2v) is 8.85. The van der Waals surface area contributed by atoms with E-state index in [1.807, 2.05) is 7.05 Å². The van der Waals surface area contributed by atoms with Gasteiger partial charge in [0, 0.05) is 32.0 Å². The quantitative estimate of drug-likeness (QED) is 0.600.